The predicted octanol–water partition coefficient (Wildman–Crippen LogP) is 3.86. The first-order chi connectivity index (χ1) is 8.00. The molecule has 0 bridgehead atoms. The van der Waals surface area contributed by atoms with Crippen LogP contribution in [0.15, 0.2) is 23.1 Å². The van der Waals surface area contributed by atoms with Crippen molar-refractivity contribution in [3.05, 3.63) is 28.2 Å². The van der Waals surface area contributed by atoms with Gasteiger partial charge in [0.05, 0.1) is 20.7 Å². The number of halogens is 2. The summed E-state index contributed by atoms with van der Waals surface area (Å²) in [5, 5.41) is 1.00. The molecule has 0 fully saturated rings. The number of hydrogen-bond acceptors (Lipinski definition) is 2. The number of hydrogen-bond donors (Lipinski definition) is 0. The highest BCUT2D eigenvalue weighted by molar-refractivity contribution is 7.85. The third-order valence-corrected chi connectivity index (χ3v) is 4.41. The standard InChI is InChI=1S/C12H14Cl2O2S/c1-9(15)4-2-3-7-17(16)12-8-10(13)5-6-11(12)14/h5-6,8H,2-4,7H2,1H3. The smallest absolute Gasteiger partial charge is 0.129 e. The lowest BCUT2D eigenvalue weighted by Crippen LogP contribution is -2.00. The van der Waals surface area contributed by atoms with Crippen molar-refractivity contribution in [3.8, 4) is 0 Å². The zero-order valence-corrected chi connectivity index (χ0v) is 11.9. The normalized spacial score (nSPS) is 12.4. The summed E-state index contributed by atoms with van der Waals surface area (Å²) in [6, 6.07) is 4.94. The highest BCUT2D eigenvalue weighted by Gasteiger charge is 2.09. The topological polar surface area (TPSA) is 34.1 Å². The molecule has 1 unspecified atom stereocenters. The van der Waals surface area contributed by atoms with E-state index in [2.05, 4.69) is 0 Å². The summed E-state index contributed by atoms with van der Waals surface area (Å²) in [5.41, 5.74) is 0. The molecule has 1 rings (SSSR count). The second-order valence-electron chi connectivity index (χ2n) is 3.78. The minimum absolute atomic E-state index is 0.163. The Balaban J connectivity index is 2.52. The monoisotopic (exact) mass is 292 g/mol. The van der Waals surface area contributed by atoms with Gasteiger partial charge in [-0.15, -0.1) is 0 Å². The third kappa shape index (κ3) is 5.19. The molecule has 1 aromatic carbocycles. The number of rotatable bonds is 6. The van der Waals surface area contributed by atoms with Crippen molar-refractivity contribution < 1.29 is 9.00 Å². The molecule has 5 heteroatoms. The molecule has 0 aliphatic heterocycles. The van der Waals surface area contributed by atoms with Crippen LogP contribution in [0.2, 0.25) is 10.0 Å². The van der Waals surface area contributed by atoms with Crippen LogP contribution in [0.4, 0.5) is 0 Å². The molecule has 0 saturated heterocycles. The van der Waals surface area contributed by atoms with E-state index in [1.54, 1.807) is 25.1 Å². The SMILES string of the molecule is CC(=O)CCCCS(=O)c1cc(Cl)ccc1Cl. The summed E-state index contributed by atoms with van der Waals surface area (Å²) in [6.07, 6.45) is 2.05. The van der Waals surface area contributed by atoms with Crippen LogP contribution in [-0.4, -0.2) is 15.7 Å². The van der Waals surface area contributed by atoms with E-state index in [0.29, 0.717) is 27.1 Å². The van der Waals surface area contributed by atoms with Crippen LogP contribution in [0, 0.1) is 0 Å². The van der Waals surface area contributed by atoms with E-state index in [0.717, 1.165) is 12.8 Å². The van der Waals surface area contributed by atoms with Crippen LogP contribution in [0.3, 0.4) is 0 Å². The van der Waals surface area contributed by atoms with Gasteiger partial charge in [0.15, 0.2) is 0 Å². The first kappa shape index (κ1) is 14.7. The Bertz CT molecular complexity index is 433. The van der Waals surface area contributed by atoms with Gasteiger partial charge in [-0.3, -0.25) is 4.21 Å². The van der Waals surface area contributed by atoms with Gasteiger partial charge in [0.1, 0.15) is 5.78 Å². The Morgan fingerprint density at radius 3 is 2.65 bits per heavy atom. The Labute approximate surface area is 114 Å². The van der Waals surface area contributed by atoms with Gasteiger partial charge in [0, 0.05) is 17.2 Å². The molecule has 0 amide bonds. The molecule has 2 nitrogen and oxygen atoms in total. The van der Waals surface area contributed by atoms with E-state index < -0.39 is 10.8 Å². The molecule has 17 heavy (non-hydrogen) atoms. The summed E-state index contributed by atoms with van der Waals surface area (Å²) >= 11 is 11.8. The van der Waals surface area contributed by atoms with Gasteiger partial charge >= 0.3 is 0 Å². The fraction of sp³-hybridized carbons (Fsp3) is 0.417. The van der Waals surface area contributed by atoms with Gasteiger partial charge in [0.2, 0.25) is 0 Å². The van der Waals surface area contributed by atoms with Crippen molar-refractivity contribution in [1.82, 2.24) is 0 Å². The molecule has 0 heterocycles. The summed E-state index contributed by atoms with van der Waals surface area (Å²) in [7, 11) is -1.15. The maximum Gasteiger partial charge on any atom is 0.129 e. The molecule has 0 aromatic heterocycles. The zero-order chi connectivity index (χ0) is 12.8. The van der Waals surface area contributed by atoms with Gasteiger partial charge in [-0.05, 0) is 38.0 Å². The van der Waals surface area contributed by atoms with E-state index in [1.807, 2.05) is 0 Å². The molecule has 0 aliphatic rings. The summed E-state index contributed by atoms with van der Waals surface area (Å²) < 4.78 is 11.9. The van der Waals surface area contributed by atoms with Crippen LogP contribution >= 0.6 is 23.2 Å². The van der Waals surface area contributed by atoms with Gasteiger partial charge in [-0.1, -0.05) is 23.2 Å². The van der Waals surface area contributed by atoms with Crippen molar-refractivity contribution in [2.24, 2.45) is 0 Å². The maximum atomic E-state index is 11.9. The van der Waals surface area contributed by atoms with E-state index in [1.165, 1.54) is 0 Å². The number of carbonyl (C=O) groups is 1. The van der Waals surface area contributed by atoms with Crippen LogP contribution in [-0.2, 0) is 15.6 Å². The first-order valence-electron chi connectivity index (χ1n) is 5.33. The Morgan fingerprint density at radius 1 is 1.29 bits per heavy atom. The number of benzene rings is 1. The minimum atomic E-state index is -1.15. The van der Waals surface area contributed by atoms with Crippen molar-refractivity contribution in [1.29, 1.82) is 0 Å². The summed E-state index contributed by atoms with van der Waals surface area (Å²) in [5.74, 6) is 0.671. The van der Waals surface area contributed by atoms with Crippen LogP contribution < -0.4 is 0 Å². The van der Waals surface area contributed by atoms with E-state index in [9.17, 15) is 9.00 Å². The average molecular weight is 293 g/mol. The molecule has 1 aromatic rings. The Kier molecular flexibility index (Phi) is 6.17. The van der Waals surface area contributed by atoms with E-state index >= 15 is 0 Å². The Morgan fingerprint density at radius 2 is 2.00 bits per heavy atom. The molecule has 0 saturated carbocycles. The largest absolute Gasteiger partial charge is 0.300 e. The highest BCUT2D eigenvalue weighted by Crippen LogP contribution is 2.24. The van der Waals surface area contributed by atoms with Crippen molar-refractivity contribution >= 4 is 39.8 Å². The third-order valence-electron chi connectivity index (χ3n) is 2.25. The second kappa shape index (κ2) is 7.14. The highest BCUT2D eigenvalue weighted by atomic mass is 35.5. The lowest BCUT2D eigenvalue weighted by molar-refractivity contribution is -0.117. The molecule has 0 N–H and O–H groups in total. The molecule has 0 radical (unpaired) electrons. The summed E-state index contributed by atoms with van der Waals surface area (Å²) in [6.45, 7) is 1.56. The minimum Gasteiger partial charge on any atom is -0.300 e. The summed E-state index contributed by atoms with van der Waals surface area (Å²) in [4.78, 5) is 11.3. The van der Waals surface area contributed by atoms with E-state index in [-0.39, 0.29) is 5.78 Å². The van der Waals surface area contributed by atoms with Crippen LogP contribution in [0.1, 0.15) is 26.2 Å². The fourth-order valence-corrected chi connectivity index (χ4v) is 3.21. The average Bonchev–Trinajstić information content (AvgIpc) is 2.27. The predicted molar refractivity (Wildman–Crippen MR) is 72.3 cm³/mol. The van der Waals surface area contributed by atoms with Gasteiger partial charge in [-0.2, -0.15) is 0 Å². The molecule has 0 aliphatic carbocycles. The van der Waals surface area contributed by atoms with Crippen LogP contribution in [0.25, 0.3) is 0 Å². The van der Waals surface area contributed by atoms with Gasteiger partial charge < -0.3 is 4.79 Å². The number of carbonyl (C=O) groups excluding carboxylic acids is 1. The molecule has 1 atom stereocenters. The lowest BCUT2D eigenvalue weighted by Gasteiger charge is -2.04. The number of ketones is 1. The maximum absolute atomic E-state index is 11.9. The first-order valence-corrected chi connectivity index (χ1v) is 7.41. The van der Waals surface area contributed by atoms with Gasteiger partial charge in [-0.25, -0.2) is 0 Å². The second-order valence-corrected chi connectivity index (χ2v) is 6.17. The van der Waals surface area contributed by atoms with Crippen molar-refractivity contribution in [2.75, 3.05) is 5.75 Å². The Hall–Kier alpha value is -0.380. The number of unbranched alkanes of at least 4 members (excludes halogenated alkanes) is 1. The molecule has 94 valence electrons. The fourth-order valence-electron chi connectivity index (χ4n) is 1.37. The van der Waals surface area contributed by atoms with Crippen LogP contribution in [0.5, 0.6) is 0 Å². The number of Topliss-reactive ketones (excluding diaryl/α,β-unsaturated/α-hetero) is 1. The van der Waals surface area contributed by atoms with E-state index in [4.69, 9.17) is 23.2 Å². The van der Waals surface area contributed by atoms with Gasteiger partial charge in [0.25, 0.3) is 0 Å². The lowest BCUT2D eigenvalue weighted by atomic mass is 10.2. The molecule has 0 spiro atoms. The molecular formula is C12H14Cl2O2S. The molecular weight excluding hydrogens is 279 g/mol. The van der Waals surface area contributed by atoms with Crippen molar-refractivity contribution in [2.45, 2.75) is 31.1 Å². The quantitative estimate of drug-likeness (QED) is 0.746. The zero-order valence-electron chi connectivity index (χ0n) is 9.54. The van der Waals surface area contributed by atoms with Crippen molar-refractivity contribution in [3.63, 3.8) is 0 Å².